The molecule has 2 aromatic carbocycles. The molecule has 1 unspecified atom stereocenters. The molecule has 1 aliphatic rings. The highest BCUT2D eigenvalue weighted by molar-refractivity contribution is 5.78. The zero-order valence-electron chi connectivity index (χ0n) is 13.2. The van der Waals surface area contributed by atoms with Gasteiger partial charge in [0.2, 0.25) is 0 Å². The average Bonchev–Trinajstić information content (AvgIpc) is 2.65. The van der Waals surface area contributed by atoms with E-state index in [2.05, 4.69) is 17.1 Å². The quantitative estimate of drug-likeness (QED) is 0.943. The third-order valence-electron chi connectivity index (χ3n) is 4.06. The third kappa shape index (κ3) is 2.54. The number of nitrogens with zero attached hydrogens (tertiary/aromatic N) is 1. The monoisotopic (exact) mass is 295 g/mol. The Morgan fingerprint density at radius 2 is 1.82 bits per heavy atom. The lowest BCUT2D eigenvalue weighted by molar-refractivity contribution is 0.219. The number of aliphatic hydroxyl groups is 1. The fraction of sp³-hybridized carbons (Fsp3) is 0.263. The Morgan fingerprint density at radius 3 is 2.55 bits per heavy atom. The van der Waals surface area contributed by atoms with Crippen molar-refractivity contribution in [3.05, 3.63) is 64.2 Å². The molecule has 0 aromatic heterocycles. The largest absolute Gasteiger partial charge is 0.496 e. The molecule has 0 saturated carbocycles. The molecule has 1 aliphatic carbocycles. The second-order valence-corrected chi connectivity index (χ2v) is 5.85. The first-order valence-corrected chi connectivity index (χ1v) is 7.41. The first kappa shape index (κ1) is 14.8. The maximum absolute atomic E-state index is 10.8. The molecule has 1 atom stereocenters. The van der Waals surface area contributed by atoms with Gasteiger partial charge in [0.05, 0.1) is 7.11 Å². The van der Waals surface area contributed by atoms with Gasteiger partial charge in [-0.15, -0.1) is 0 Å². The smallest absolute Gasteiger partial charge is 0.123 e. The van der Waals surface area contributed by atoms with Gasteiger partial charge in [-0.05, 0) is 42.4 Å². The van der Waals surface area contributed by atoms with Crippen LogP contribution in [0.2, 0.25) is 0 Å². The lowest BCUT2D eigenvalue weighted by atomic mass is 9.93. The number of benzene rings is 2. The Hall–Kier alpha value is -2.10. The van der Waals surface area contributed by atoms with Crippen molar-refractivity contribution in [2.24, 2.45) is 0 Å². The highest BCUT2D eigenvalue weighted by Gasteiger charge is 2.22. The molecule has 3 heteroatoms. The molecular weight excluding hydrogens is 274 g/mol. The van der Waals surface area contributed by atoms with E-state index in [-0.39, 0.29) is 0 Å². The van der Waals surface area contributed by atoms with E-state index in [1.807, 2.05) is 50.5 Å². The van der Waals surface area contributed by atoms with Crippen LogP contribution >= 0.6 is 0 Å². The van der Waals surface area contributed by atoms with Crippen LogP contribution < -0.4 is 4.74 Å². The third-order valence-corrected chi connectivity index (χ3v) is 4.06. The zero-order chi connectivity index (χ0) is 15.7. The lowest BCUT2D eigenvalue weighted by Gasteiger charge is -2.21. The van der Waals surface area contributed by atoms with Gasteiger partial charge in [0.1, 0.15) is 11.9 Å². The summed E-state index contributed by atoms with van der Waals surface area (Å²) >= 11 is 0. The minimum absolute atomic E-state index is 0.618. The van der Waals surface area contributed by atoms with E-state index in [1.54, 1.807) is 7.11 Å². The molecule has 0 bridgehead atoms. The molecule has 0 spiro atoms. The standard InChI is InChI=1S/C19H21NO2/c1-20(2)12-17-15-9-8-13-6-4-5-7-14(13)19(21)16(15)10-11-18(17)22-3/h4-11,19,21H,12H2,1-3H3. The predicted molar refractivity (Wildman–Crippen MR) is 89.8 cm³/mol. The van der Waals surface area contributed by atoms with Crippen molar-refractivity contribution >= 4 is 12.2 Å². The second kappa shape index (κ2) is 5.95. The summed E-state index contributed by atoms with van der Waals surface area (Å²) < 4.78 is 5.52. The van der Waals surface area contributed by atoms with Crippen LogP contribution in [0.4, 0.5) is 0 Å². The number of hydrogen-bond donors (Lipinski definition) is 1. The van der Waals surface area contributed by atoms with E-state index in [4.69, 9.17) is 4.74 Å². The highest BCUT2D eigenvalue weighted by Crippen LogP contribution is 2.37. The van der Waals surface area contributed by atoms with Crippen LogP contribution in [0.1, 0.15) is 33.9 Å². The SMILES string of the molecule is COc1ccc2c(c1CN(C)C)C=Cc1ccccc1C2O. The van der Waals surface area contributed by atoms with E-state index in [9.17, 15) is 5.11 Å². The van der Waals surface area contributed by atoms with E-state index in [0.717, 1.165) is 40.1 Å². The molecular formula is C19H21NO2. The molecule has 114 valence electrons. The molecule has 3 nitrogen and oxygen atoms in total. The van der Waals surface area contributed by atoms with Crippen LogP contribution in [0.5, 0.6) is 5.75 Å². The minimum atomic E-state index is -0.618. The van der Waals surface area contributed by atoms with Crippen molar-refractivity contribution in [1.82, 2.24) is 4.90 Å². The van der Waals surface area contributed by atoms with Gasteiger partial charge < -0.3 is 14.7 Å². The minimum Gasteiger partial charge on any atom is -0.496 e. The maximum Gasteiger partial charge on any atom is 0.123 e. The fourth-order valence-electron chi connectivity index (χ4n) is 3.02. The summed E-state index contributed by atoms with van der Waals surface area (Å²) in [5, 5.41) is 10.8. The van der Waals surface area contributed by atoms with Crippen molar-refractivity contribution in [2.75, 3.05) is 21.2 Å². The van der Waals surface area contributed by atoms with Crippen LogP contribution in [-0.2, 0) is 6.54 Å². The van der Waals surface area contributed by atoms with Gasteiger partial charge in [-0.25, -0.2) is 0 Å². The second-order valence-electron chi connectivity index (χ2n) is 5.85. The topological polar surface area (TPSA) is 32.7 Å². The summed E-state index contributed by atoms with van der Waals surface area (Å²) in [7, 11) is 5.75. The molecule has 3 rings (SSSR count). The zero-order valence-corrected chi connectivity index (χ0v) is 13.2. The Morgan fingerprint density at radius 1 is 1.05 bits per heavy atom. The maximum atomic E-state index is 10.8. The molecule has 2 aromatic rings. The molecule has 0 amide bonds. The molecule has 0 fully saturated rings. The molecule has 1 N–H and O–H groups in total. The van der Waals surface area contributed by atoms with Crippen molar-refractivity contribution in [2.45, 2.75) is 12.6 Å². The summed E-state index contributed by atoms with van der Waals surface area (Å²) in [5.41, 5.74) is 5.09. The van der Waals surface area contributed by atoms with E-state index < -0.39 is 6.10 Å². The van der Waals surface area contributed by atoms with Crippen LogP contribution in [0, 0.1) is 0 Å². The summed E-state index contributed by atoms with van der Waals surface area (Å²) in [5.74, 6) is 0.857. The first-order valence-electron chi connectivity index (χ1n) is 7.41. The van der Waals surface area contributed by atoms with Crippen molar-refractivity contribution in [3.8, 4) is 5.75 Å². The normalized spacial score (nSPS) is 16.1. The highest BCUT2D eigenvalue weighted by atomic mass is 16.5. The van der Waals surface area contributed by atoms with Gasteiger partial charge in [-0.2, -0.15) is 0 Å². The van der Waals surface area contributed by atoms with Crippen molar-refractivity contribution < 1.29 is 9.84 Å². The summed E-state index contributed by atoms with van der Waals surface area (Å²) in [6.07, 6.45) is 3.54. The predicted octanol–water partition coefficient (Wildman–Crippen LogP) is 3.32. The van der Waals surface area contributed by atoms with Crippen LogP contribution in [-0.4, -0.2) is 31.2 Å². The van der Waals surface area contributed by atoms with E-state index in [0.29, 0.717) is 0 Å². The number of fused-ring (bicyclic) bond motifs is 2. The first-order chi connectivity index (χ1) is 10.6. The van der Waals surface area contributed by atoms with Crippen molar-refractivity contribution in [1.29, 1.82) is 0 Å². The Kier molecular flexibility index (Phi) is 4.01. The van der Waals surface area contributed by atoms with E-state index in [1.165, 1.54) is 0 Å². The molecule has 0 aliphatic heterocycles. The van der Waals surface area contributed by atoms with Crippen molar-refractivity contribution in [3.63, 3.8) is 0 Å². The Balaban J connectivity index is 2.21. The number of ether oxygens (including phenoxy) is 1. The van der Waals surface area contributed by atoms with E-state index >= 15 is 0 Å². The van der Waals surface area contributed by atoms with Crippen LogP contribution in [0.15, 0.2) is 36.4 Å². The number of aliphatic hydroxyl groups excluding tert-OH is 1. The van der Waals surface area contributed by atoms with Gasteiger partial charge in [0.15, 0.2) is 0 Å². The average molecular weight is 295 g/mol. The van der Waals surface area contributed by atoms with Gasteiger partial charge in [0, 0.05) is 12.1 Å². The van der Waals surface area contributed by atoms with Gasteiger partial charge >= 0.3 is 0 Å². The number of hydrogen-bond acceptors (Lipinski definition) is 3. The number of rotatable bonds is 3. The molecule has 0 radical (unpaired) electrons. The Labute approximate surface area is 131 Å². The summed E-state index contributed by atoms with van der Waals surface area (Å²) in [6.45, 7) is 0.764. The van der Waals surface area contributed by atoms with Gasteiger partial charge in [-0.1, -0.05) is 42.5 Å². The lowest BCUT2D eigenvalue weighted by Crippen LogP contribution is -2.14. The summed E-state index contributed by atoms with van der Waals surface area (Å²) in [4.78, 5) is 2.11. The van der Waals surface area contributed by atoms with Gasteiger partial charge in [0.25, 0.3) is 0 Å². The van der Waals surface area contributed by atoms with Crippen LogP contribution in [0.3, 0.4) is 0 Å². The Bertz CT molecular complexity index is 719. The number of methoxy groups -OCH3 is 1. The molecule has 0 heterocycles. The summed E-state index contributed by atoms with van der Waals surface area (Å²) in [6, 6.07) is 11.9. The fourth-order valence-corrected chi connectivity index (χ4v) is 3.02. The van der Waals surface area contributed by atoms with Gasteiger partial charge in [-0.3, -0.25) is 0 Å². The molecule has 22 heavy (non-hydrogen) atoms. The van der Waals surface area contributed by atoms with Crippen LogP contribution in [0.25, 0.3) is 12.2 Å². The molecule has 0 saturated heterocycles.